The van der Waals surface area contributed by atoms with Gasteiger partial charge in [-0.3, -0.25) is 9.59 Å². The molecule has 0 aliphatic rings. The number of benzene rings is 2. The lowest BCUT2D eigenvalue weighted by Crippen LogP contribution is -2.04. The topological polar surface area (TPSA) is 54.4 Å². The van der Waals surface area contributed by atoms with Crippen molar-refractivity contribution in [2.75, 3.05) is 0 Å². The van der Waals surface area contributed by atoms with Gasteiger partial charge >= 0.3 is 0 Å². The van der Waals surface area contributed by atoms with E-state index in [0.29, 0.717) is 17.5 Å². The summed E-state index contributed by atoms with van der Waals surface area (Å²) in [5.74, 6) is -0.347. The van der Waals surface area contributed by atoms with Crippen molar-refractivity contribution in [1.82, 2.24) is 0 Å². The maximum absolute atomic E-state index is 12.5. The van der Waals surface area contributed by atoms with Crippen LogP contribution < -0.4 is 0 Å². The highest BCUT2D eigenvalue weighted by molar-refractivity contribution is 6.11. The second-order valence-electron chi connectivity index (χ2n) is 7.43. The summed E-state index contributed by atoms with van der Waals surface area (Å²) < 4.78 is 0. The highest BCUT2D eigenvalue weighted by atomic mass is 16.3. The largest absolute Gasteiger partial charge is 0.507 e. The zero-order valence-corrected chi connectivity index (χ0v) is 17.0. The third-order valence-corrected chi connectivity index (χ3v) is 5.11. The Kier molecular flexibility index (Phi) is 9.47. The lowest BCUT2D eigenvalue weighted by molar-refractivity contribution is 0.0976. The van der Waals surface area contributed by atoms with Gasteiger partial charge in [0.05, 0.1) is 5.56 Å². The van der Waals surface area contributed by atoms with Crippen LogP contribution in [0, 0.1) is 0 Å². The maximum Gasteiger partial charge on any atom is 0.196 e. The van der Waals surface area contributed by atoms with E-state index >= 15 is 0 Å². The number of carbonyl (C=O) groups is 2. The van der Waals surface area contributed by atoms with Gasteiger partial charge < -0.3 is 5.11 Å². The van der Waals surface area contributed by atoms with Gasteiger partial charge in [-0.1, -0.05) is 94.7 Å². The number of hydrogen-bond donors (Lipinski definition) is 1. The summed E-state index contributed by atoms with van der Waals surface area (Å²) >= 11 is 0. The van der Waals surface area contributed by atoms with Crippen molar-refractivity contribution in [1.29, 1.82) is 0 Å². The molecule has 28 heavy (non-hydrogen) atoms. The number of hydrogen-bond acceptors (Lipinski definition) is 3. The van der Waals surface area contributed by atoms with Gasteiger partial charge in [0.1, 0.15) is 5.75 Å². The van der Waals surface area contributed by atoms with Crippen molar-refractivity contribution in [2.45, 2.75) is 71.1 Å². The molecule has 3 heteroatoms. The van der Waals surface area contributed by atoms with Crippen LogP contribution in [0.4, 0.5) is 0 Å². The first kappa shape index (κ1) is 21.9. The molecule has 2 aromatic rings. The van der Waals surface area contributed by atoms with E-state index in [4.69, 9.17) is 0 Å². The van der Waals surface area contributed by atoms with Crippen LogP contribution in [0.3, 0.4) is 0 Å². The smallest absolute Gasteiger partial charge is 0.196 e. The molecule has 0 aliphatic carbocycles. The Morgan fingerprint density at radius 1 is 0.750 bits per heavy atom. The number of phenols is 1. The molecule has 0 aromatic heterocycles. The van der Waals surface area contributed by atoms with Crippen molar-refractivity contribution >= 4 is 11.6 Å². The van der Waals surface area contributed by atoms with Crippen LogP contribution in [0.15, 0.2) is 48.5 Å². The minimum atomic E-state index is -0.240. The third kappa shape index (κ3) is 6.95. The van der Waals surface area contributed by atoms with Gasteiger partial charge in [-0.05, 0) is 18.6 Å². The average molecular weight is 381 g/mol. The Morgan fingerprint density at radius 3 is 1.96 bits per heavy atom. The molecule has 0 bridgehead atoms. The summed E-state index contributed by atoms with van der Waals surface area (Å²) in [6, 6.07) is 13.5. The average Bonchev–Trinajstić information content (AvgIpc) is 2.72. The number of aromatic hydroxyl groups is 1. The van der Waals surface area contributed by atoms with Gasteiger partial charge in [-0.15, -0.1) is 0 Å². The molecule has 0 atom stereocenters. The number of rotatable bonds is 13. The molecule has 3 nitrogen and oxygen atoms in total. The Balaban J connectivity index is 1.77. The normalized spacial score (nSPS) is 10.8. The third-order valence-electron chi connectivity index (χ3n) is 5.11. The van der Waals surface area contributed by atoms with E-state index in [-0.39, 0.29) is 22.9 Å². The van der Waals surface area contributed by atoms with Gasteiger partial charge in [0.2, 0.25) is 0 Å². The molecule has 0 aliphatic heterocycles. The van der Waals surface area contributed by atoms with Gasteiger partial charge in [-0.2, -0.15) is 0 Å². The highest BCUT2D eigenvalue weighted by Crippen LogP contribution is 2.23. The second-order valence-corrected chi connectivity index (χ2v) is 7.43. The van der Waals surface area contributed by atoms with Crippen molar-refractivity contribution < 1.29 is 14.7 Å². The molecule has 0 fully saturated rings. The van der Waals surface area contributed by atoms with Crippen molar-refractivity contribution in [3.05, 3.63) is 65.2 Å². The molecule has 2 aromatic carbocycles. The standard InChI is InChI=1S/C25H32O3/c1-2-3-4-5-6-7-8-9-13-16-23(26)21-17-18-22(24(27)19-21)25(28)20-14-11-10-12-15-20/h10-12,14-15,17-19,27H,2-9,13,16H2,1H3. The number of carbonyl (C=O) groups excluding carboxylic acids is 2. The molecule has 0 saturated carbocycles. The zero-order valence-electron chi connectivity index (χ0n) is 17.0. The van der Waals surface area contributed by atoms with Gasteiger partial charge in [0.25, 0.3) is 0 Å². The monoisotopic (exact) mass is 380 g/mol. The van der Waals surface area contributed by atoms with Crippen LogP contribution in [0.1, 0.15) is 97.4 Å². The molecular weight excluding hydrogens is 348 g/mol. The maximum atomic E-state index is 12.5. The fourth-order valence-electron chi connectivity index (χ4n) is 3.38. The first-order valence-electron chi connectivity index (χ1n) is 10.6. The molecule has 0 spiro atoms. The van der Waals surface area contributed by atoms with Gasteiger partial charge in [-0.25, -0.2) is 0 Å². The first-order chi connectivity index (χ1) is 13.6. The van der Waals surface area contributed by atoms with Crippen LogP contribution in [0.25, 0.3) is 0 Å². The Morgan fingerprint density at radius 2 is 1.36 bits per heavy atom. The summed E-state index contributed by atoms with van der Waals surface area (Å²) in [6.45, 7) is 2.23. The van der Waals surface area contributed by atoms with Crippen LogP contribution in [-0.4, -0.2) is 16.7 Å². The first-order valence-corrected chi connectivity index (χ1v) is 10.6. The molecule has 0 unspecified atom stereocenters. The highest BCUT2D eigenvalue weighted by Gasteiger charge is 2.15. The van der Waals surface area contributed by atoms with E-state index in [2.05, 4.69) is 6.92 Å². The minimum absolute atomic E-state index is 0.0250. The summed E-state index contributed by atoms with van der Waals surface area (Å²) in [4.78, 5) is 24.8. The molecule has 0 radical (unpaired) electrons. The molecule has 0 amide bonds. The molecule has 150 valence electrons. The van der Waals surface area contributed by atoms with Crippen LogP contribution in [0.5, 0.6) is 5.75 Å². The molecule has 0 heterocycles. The Labute approximate surface area is 168 Å². The molecule has 0 saturated heterocycles. The van der Waals surface area contributed by atoms with Crippen LogP contribution in [-0.2, 0) is 0 Å². The summed E-state index contributed by atoms with van der Waals surface area (Å²) in [5.41, 5.74) is 1.22. The predicted octanol–water partition coefficient (Wildman–Crippen LogP) is 6.73. The van der Waals surface area contributed by atoms with Crippen molar-refractivity contribution in [2.24, 2.45) is 0 Å². The van der Waals surface area contributed by atoms with Gasteiger partial charge in [0.15, 0.2) is 11.6 Å². The number of phenolic OH excluding ortho intramolecular Hbond substituents is 1. The fourth-order valence-corrected chi connectivity index (χ4v) is 3.38. The van der Waals surface area contributed by atoms with Crippen molar-refractivity contribution in [3.8, 4) is 5.75 Å². The van der Waals surface area contributed by atoms with E-state index < -0.39 is 0 Å². The number of unbranched alkanes of at least 4 members (excludes halogenated alkanes) is 8. The van der Waals surface area contributed by atoms with E-state index in [1.54, 1.807) is 36.4 Å². The van der Waals surface area contributed by atoms with Gasteiger partial charge in [0, 0.05) is 17.5 Å². The Bertz CT molecular complexity index is 750. The van der Waals surface area contributed by atoms with Crippen LogP contribution in [0.2, 0.25) is 0 Å². The molecule has 1 N–H and O–H groups in total. The number of ketones is 2. The summed E-state index contributed by atoms with van der Waals surface area (Å²) in [5, 5.41) is 10.2. The fraction of sp³-hybridized carbons (Fsp3) is 0.440. The van der Waals surface area contributed by atoms with E-state index in [1.807, 2.05) is 6.07 Å². The van der Waals surface area contributed by atoms with E-state index in [0.717, 1.165) is 12.8 Å². The number of Topliss-reactive ketones (excluding diaryl/α,β-unsaturated/α-hetero) is 1. The second kappa shape index (κ2) is 12.1. The van der Waals surface area contributed by atoms with E-state index in [9.17, 15) is 14.7 Å². The minimum Gasteiger partial charge on any atom is -0.507 e. The lowest BCUT2D eigenvalue weighted by Gasteiger charge is -2.07. The summed E-state index contributed by atoms with van der Waals surface area (Å²) in [6.07, 6.45) is 11.4. The zero-order chi connectivity index (χ0) is 20.2. The summed E-state index contributed by atoms with van der Waals surface area (Å²) in [7, 11) is 0. The van der Waals surface area contributed by atoms with E-state index in [1.165, 1.54) is 51.0 Å². The quantitative estimate of drug-likeness (QED) is 0.310. The Hall–Kier alpha value is -2.42. The molecule has 2 rings (SSSR count). The SMILES string of the molecule is CCCCCCCCCCCC(=O)c1ccc(C(=O)c2ccccc2)c(O)c1. The molecular formula is C25H32O3. The van der Waals surface area contributed by atoms with Crippen molar-refractivity contribution in [3.63, 3.8) is 0 Å². The predicted molar refractivity (Wildman–Crippen MR) is 114 cm³/mol. The van der Waals surface area contributed by atoms with Crippen LogP contribution >= 0.6 is 0 Å². The lowest BCUT2D eigenvalue weighted by atomic mass is 9.98.